The first-order valence-electron chi connectivity index (χ1n) is 11.2. The van der Waals surface area contributed by atoms with Crippen LogP contribution in [0, 0.1) is 0 Å². The number of nitrogens with one attached hydrogen (secondary N) is 2. The Morgan fingerprint density at radius 2 is 1.78 bits per heavy atom. The van der Waals surface area contributed by atoms with Crippen LogP contribution in [0.25, 0.3) is 0 Å². The number of aliphatic imine (C=N–C) groups is 1. The van der Waals surface area contributed by atoms with Gasteiger partial charge in [0, 0.05) is 59.4 Å². The summed E-state index contributed by atoms with van der Waals surface area (Å²) in [5.41, 5.74) is 1.32. The number of halogens is 1. The van der Waals surface area contributed by atoms with Crippen LogP contribution in [0.15, 0.2) is 35.3 Å². The molecule has 1 saturated heterocycles. The number of hydrogen-bond donors (Lipinski definition) is 2. The molecule has 0 bridgehead atoms. The minimum absolute atomic E-state index is 0. The van der Waals surface area contributed by atoms with Gasteiger partial charge in [0.25, 0.3) is 0 Å². The number of hydrogen-bond acceptors (Lipinski definition) is 5. The molecule has 0 aliphatic carbocycles. The number of likely N-dealkylation sites (N-methyl/N-ethyl adjacent to an activating group) is 1. The molecule has 1 amide bonds. The van der Waals surface area contributed by atoms with Gasteiger partial charge in [0.2, 0.25) is 5.91 Å². The van der Waals surface area contributed by atoms with Crippen LogP contribution >= 0.6 is 24.0 Å². The molecule has 0 radical (unpaired) electrons. The highest BCUT2D eigenvalue weighted by Crippen LogP contribution is 2.07. The molecule has 1 fully saturated rings. The highest BCUT2D eigenvalue weighted by Gasteiger charge is 2.12. The van der Waals surface area contributed by atoms with Crippen LogP contribution in [-0.4, -0.2) is 106 Å². The molecule has 1 heterocycles. The van der Waals surface area contributed by atoms with E-state index in [-0.39, 0.29) is 36.4 Å². The Bertz CT molecular complexity index is 668. The first-order chi connectivity index (χ1) is 15.0. The van der Waals surface area contributed by atoms with E-state index in [1.165, 1.54) is 5.56 Å². The Labute approximate surface area is 210 Å². The Hall–Kier alpha value is -1.43. The maximum atomic E-state index is 11.9. The molecule has 1 aliphatic rings. The van der Waals surface area contributed by atoms with Gasteiger partial charge in [-0.15, -0.1) is 24.0 Å². The predicted octanol–water partition coefficient (Wildman–Crippen LogP) is 1.47. The zero-order valence-corrected chi connectivity index (χ0v) is 22.4. The molecule has 1 atom stereocenters. The summed E-state index contributed by atoms with van der Waals surface area (Å²) >= 11 is 0. The molecule has 1 aliphatic heterocycles. The van der Waals surface area contributed by atoms with Gasteiger partial charge in [0.1, 0.15) is 6.54 Å². The lowest BCUT2D eigenvalue weighted by molar-refractivity contribution is -0.127. The van der Waals surface area contributed by atoms with Crippen molar-refractivity contribution in [3.8, 4) is 0 Å². The van der Waals surface area contributed by atoms with Gasteiger partial charge in [-0.2, -0.15) is 0 Å². The van der Waals surface area contributed by atoms with E-state index in [1.807, 2.05) is 6.07 Å². The van der Waals surface area contributed by atoms with Crippen molar-refractivity contribution in [2.24, 2.45) is 4.99 Å². The van der Waals surface area contributed by atoms with Gasteiger partial charge in [0.15, 0.2) is 5.96 Å². The molecular formula is C23H41IN6O2. The number of ether oxygens (including phenoxy) is 1. The van der Waals surface area contributed by atoms with Crippen molar-refractivity contribution in [3.63, 3.8) is 0 Å². The normalized spacial score (nSPS) is 15.7. The zero-order chi connectivity index (χ0) is 22.5. The number of carbonyl (C=O) groups is 1. The third kappa shape index (κ3) is 11.4. The summed E-state index contributed by atoms with van der Waals surface area (Å²) in [5, 5.41) is 6.78. The topological polar surface area (TPSA) is 72.4 Å². The summed E-state index contributed by atoms with van der Waals surface area (Å²) in [5.74, 6) is 0.687. The Morgan fingerprint density at radius 1 is 1.12 bits per heavy atom. The summed E-state index contributed by atoms with van der Waals surface area (Å²) in [7, 11) is 5.66. The van der Waals surface area contributed by atoms with Gasteiger partial charge in [-0.3, -0.25) is 14.6 Å². The van der Waals surface area contributed by atoms with Crippen LogP contribution in [0.3, 0.4) is 0 Å². The highest BCUT2D eigenvalue weighted by molar-refractivity contribution is 14.0. The molecule has 9 heteroatoms. The summed E-state index contributed by atoms with van der Waals surface area (Å²) in [6.45, 7) is 9.34. The number of guanidine groups is 1. The summed E-state index contributed by atoms with van der Waals surface area (Å²) < 4.78 is 5.40. The molecule has 0 saturated carbocycles. The Morgan fingerprint density at radius 3 is 2.44 bits per heavy atom. The third-order valence-electron chi connectivity index (χ3n) is 5.58. The molecule has 0 spiro atoms. The molecule has 1 aromatic rings. The average molecular weight is 561 g/mol. The van der Waals surface area contributed by atoms with E-state index in [9.17, 15) is 4.79 Å². The zero-order valence-electron chi connectivity index (χ0n) is 20.0. The highest BCUT2D eigenvalue weighted by atomic mass is 127. The monoisotopic (exact) mass is 560 g/mol. The van der Waals surface area contributed by atoms with E-state index in [1.54, 1.807) is 19.0 Å². The fourth-order valence-corrected chi connectivity index (χ4v) is 3.27. The summed E-state index contributed by atoms with van der Waals surface area (Å²) in [6.07, 6.45) is 0.981. The van der Waals surface area contributed by atoms with Crippen molar-refractivity contribution >= 4 is 35.8 Å². The predicted molar refractivity (Wildman–Crippen MR) is 142 cm³/mol. The van der Waals surface area contributed by atoms with Crippen molar-refractivity contribution in [1.29, 1.82) is 0 Å². The summed E-state index contributed by atoms with van der Waals surface area (Å²) in [6, 6.07) is 10.9. The quantitative estimate of drug-likeness (QED) is 0.243. The molecule has 2 N–H and O–H groups in total. The van der Waals surface area contributed by atoms with Gasteiger partial charge in [0.05, 0.1) is 13.2 Å². The van der Waals surface area contributed by atoms with E-state index in [2.05, 4.69) is 63.7 Å². The number of rotatable bonds is 11. The molecule has 8 nitrogen and oxygen atoms in total. The fourth-order valence-electron chi connectivity index (χ4n) is 3.27. The number of morpholine rings is 1. The van der Waals surface area contributed by atoms with E-state index in [4.69, 9.17) is 4.74 Å². The lowest BCUT2D eigenvalue weighted by atomic mass is 10.1. The van der Waals surface area contributed by atoms with Crippen molar-refractivity contribution in [3.05, 3.63) is 35.9 Å². The number of benzene rings is 1. The first kappa shape index (κ1) is 28.6. The fraction of sp³-hybridized carbons (Fsp3) is 0.652. The number of carbonyl (C=O) groups excluding carboxylic acids is 1. The molecule has 1 unspecified atom stereocenters. The molecule has 32 heavy (non-hydrogen) atoms. The standard InChI is InChI=1S/C23H40N6O2.HI/c1-20(28(4)19-21-8-6-5-7-9-21)10-11-24-23(26-18-22(30)27(2)3)25-12-13-29-14-16-31-17-15-29;/h5-9,20H,10-19H2,1-4H3,(H2,24,25,26);1H. The Balaban J connectivity index is 0.00000512. The molecule has 0 aromatic heterocycles. The second-order valence-corrected chi connectivity index (χ2v) is 8.30. The minimum Gasteiger partial charge on any atom is -0.379 e. The van der Waals surface area contributed by atoms with Gasteiger partial charge in [-0.05, 0) is 26.0 Å². The van der Waals surface area contributed by atoms with Crippen molar-refractivity contribution in [2.45, 2.75) is 25.9 Å². The van der Waals surface area contributed by atoms with Gasteiger partial charge in [-0.1, -0.05) is 30.3 Å². The smallest absolute Gasteiger partial charge is 0.243 e. The second-order valence-electron chi connectivity index (χ2n) is 8.30. The minimum atomic E-state index is -0.00904. The van der Waals surface area contributed by atoms with Crippen LogP contribution in [-0.2, 0) is 16.1 Å². The number of amides is 1. The van der Waals surface area contributed by atoms with Crippen LogP contribution < -0.4 is 10.6 Å². The second kappa shape index (κ2) is 16.2. The summed E-state index contributed by atoms with van der Waals surface area (Å²) in [4.78, 5) is 22.7. The number of nitrogens with zero attached hydrogens (tertiary/aromatic N) is 4. The van der Waals surface area contributed by atoms with Crippen LogP contribution in [0.1, 0.15) is 18.9 Å². The average Bonchev–Trinajstić information content (AvgIpc) is 2.78. The van der Waals surface area contributed by atoms with Crippen LogP contribution in [0.5, 0.6) is 0 Å². The lowest BCUT2D eigenvalue weighted by Crippen LogP contribution is -2.45. The van der Waals surface area contributed by atoms with Crippen LogP contribution in [0.4, 0.5) is 0 Å². The first-order valence-corrected chi connectivity index (χ1v) is 11.2. The van der Waals surface area contributed by atoms with Gasteiger partial charge in [-0.25, -0.2) is 4.99 Å². The van der Waals surface area contributed by atoms with Crippen LogP contribution in [0.2, 0.25) is 0 Å². The molecule has 2 rings (SSSR count). The Kier molecular flexibility index (Phi) is 14.5. The molecule has 182 valence electrons. The van der Waals surface area contributed by atoms with Crippen molar-refractivity contribution in [1.82, 2.24) is 25.3 Å². The maximum absolute atomic E-state index is 11.9. The lowest BCUT2D eigenvalue weighted by Gasteiger charge is -2.27. The van der Waals surface area contributed by atoms with E-state index < -0.39 is 0 Å². The van der Waals surface area contributed by atoms with E-state index in [0.717, 1.165) is 58.9 Å². The van der Waals surface area contributed by atoms with E-state index >= 15 is 0 Å². The third-order valence-corrected chi connectivity index (χ3v) is 5.58. The maximum Gasteiger partial charge on any atom is 0.243 e. The SMILES string of the molecule is CC(CCNC(=NCC(=O)N(C)C)NCCN1CCOCC1)N(C)Cc1ccccc1.I. The van der Waals surface area contributed by atoms with E-state index in [0.29, 0.717) is 12.0 Å². The molecule has 1 aromatic carbocycles. The largest absolute Gasteiger partial charge is 0.379 e. The van der Waals surface area contributed by atoms with Gasteiger partial charge < -0.3 is 20.3 Å². The molecular weight excluding hydrogens is 519 g/mol. The van der Waals surface area contributed by atoms with Crippen molar-refractivity contribution in [2.75, 3.05) is 73.6 Å². The van der Waals surface area contributed by atoms with Gasteiger partial charge >= 0.3 is 0 Å². The van der Waals surface area contributed by atoms with Crippen molar-refractivity contribution < 1.29 is 9.53 Å².